The number of ether oxygens (including phenoxy) is 1. The predicted octanol–water partition coefficient (Wildman–Crippen LogP) is 3.69. The van der Waals surface area contributed by atoms with Gasteiger partial charge in [0.05, 0.1) is 7.11 Å². The van der Waals surface area contributed by atoms with Crippen molar-refractivity contribution in [1.29, 1.82) is 0 Å². The van der Waals surface area contributed by atoms with Crippen LogP contribution >= 0.6 is 11.6 Å². The van der Waals surface area contributed by atoms with Gasteiger partial charge in [-0.05, 0) is 49.1 Å². The molecule has 0 amide bonds. The molecule has 2 aliphatic rings. The summed E-state index contributed by atoms with van der Waals surface area (Å²) in [6.45, 7) is 0. The van der Waals surface area contributed by atoms with E-state index >= 15 is 0 Å². The summed E-state index contributed by atoms with van der Waals surface area (Å²) in [5, 5.41) is 3.60. The van der Waals surface area contributed by atoms with E-state index in [0.29, 0.717) is 17.8 Å². The topological polar surface area (TPSA) is 64.1 Å². The molecule has 2 fully saturated rings. The van der Waals surface area contributed by atoms with Crippen LogP contribution in [0.25, 0.3) is 0 Å². The zero-order chi connectivity index (χ0) is 15.5. The number of hydrogen-bond donors (Lipinski definition) is 1. The lowest BCUT2D eigenvalue weighted by molar-refractivity contribution is 0.0594. The Morgan fingerprint density at radius 1 is 1.23 bits per heavy atom. The predicted molar refractivity (Wildman–Crippen MR) is 85.1 cm³/mol. The van der Waals surface area contributed by atoms with Gasteiger partial charge in [0.1, 0.15) is 5.82 Å². The fourth-order valence-electron chi connectivity index (χ4n) is 3.44. The van der Waals surface area contributed by atoms with Gasteiger partial charge in [0.2, 0.25) is 5.28 Å². The zero-order valence-corrected chi connectivity index (χ0v) is 13.6. The third kappa shape index (κ3) is 3.69. The Bertz CT molecular complexity index is 542. The highest BCUT2D eigenvalue weighted by atomic mass is 35.5. The number of methoxy groups -OCH3 is 1. The Balaban J connectivity index is 1.77. The first kappa shape index (κ1) is 15.5. The number of nitrogens with one attached hydrogen (secondary N) is 1. The van der Waals surface area contributed by atoms with E-state index in [9.17, 15) is 4.79 Å². The second-order valence-corrected chi connectivity index (χ2v) is 6.64. The Hall–Kier alpha value is -1.36. The lowest BCUT2D eigenvalue weighted by Gasteiger charge is -2.31. The first-order valence-corrected chi connectivity index (χ1v) is 8.44. The van der Waals surface area contributed by atoms with Crippen LogP contribution in [0.4, 0.5) is 5.82 Å². The summed E-state index contributed by atoms with van der Waals surface area (Å²) >= 11 is 5.95. The number of hydrogen-bond acceptors (Lipinski definition) is 5. The fraction of sp³-hybridized carbons (Fsp3) is 0.688. The third-order valence-electron chi connectivity index (χ3n) is 4.70. The smallest absolute Gasteiger partial charge is 0.356 e. The molecule has 3 rings (SSSR count). The lowest BCUT2D eigenvalue weighted by atomic mass is 9.82. The van der Waals surface area contributed by atoms with E-state index in [1.807, 2.05) is 0 Å². The van der Waals surface area contributed by atoms with Gasteiger partial charge in [-0.1, -0.05) is 19.3 Å². The second kappa shape index (κ2) is 6.82. The first-order valence-electron chi connectivity index (χ1n) is 8.07. The van der Waals surface area contributed by atoms with E-state index in [2.05, 4.69) is 15.3 Å². The van der Waals surface area contributed by atoms with Crippen molar-refractivity contribution in [3.8, 4) is 0 Å². The minimum atomic E-state index is -0.493. The van der Waals surface area contributed by atoms with E-state index in [1.54, 1.807) is 6.07 Å². The number of esters is 1. The maximum Gasteiger partial charge on any atom is 0.356 e. The maximum atomic E-state index is 11.7. The molecule has 1 unspecified atom stereocenters. The quantitative estimate of drug-likeness (QED) is 0.661. The molecule has 0 saturated heterocycles. The van der Waals surface area contributed by atoms with Crippen LogP contribution in [0.15, 0.2) is 6.07 Å². The molecule has 0 bridgehead atoms. The molecule has 1 N–H and O–H groups in total. The molecule has 0 aliphatic heterocycles. The van der Waals surface area contributed by atoms with Crippen molar-refractivity contribution < 1.29 is 9.53 Å². The average Bonchev–Trinajstić information content (AvgIpc) is 3.37. The molecule has 1 aromatic heterocycles. The van der Waals surface area contributed by atoms with Crippen molar-refractivity contribution in [3.05, 3.63) is 17.0 Å². The van der Waals surface area contributed by atoms with E-state index in [0.717, 1.165) is 5.92 Å². The van der Waals surface area contributed by atoms with Crippen molar-refractivity contribution in [1.82, 2.24) is 9.97 Å². The number of anilines is 1. The van der Waals surface area contributed by atoms with Gasteiger partial charge in [0.25, 0.3) is 0 Å². The van der Waals surface area contributed by atoms with E-state index in [-0.39, 0.29) is 11.0 Å². The number of halogens is 1. The summed E-state index contributed by atoms with van der Waals surface area (Å²) in [7, 11) is 1.33. The van der Waals surface area contributed by atoms with Crippen molar-refractivity contribution >= 4 is 23.4 Å². The standard InChI is InChI=1S/C16H22ClN3O2/c1-22-15(21)12-9-13(20-16(17)18-12)19-14(11-7-8-11)10-5-3-2-4-6-10/h9-11,14H,2-8H2,1H3,(H,18,19,20). The van der Waals surface area contributed by atoms with Crippen LogP contribution in [-0.2, 0) is 4.74 Å². The van der Waals surface area contributed by atoms with Crippen molar-refractivity contribution in [3.63, 3.8) is 0 Å². The van der Waals surface area contributed by atoms with E-state index < -0.39 is 5.97 Å². The van der Waals surface area contributed by atoms with Crippen LogP contribution < -0.4 is 5.32 Å². The minimum Gasteiger partial charge on any atom is -0.464 e. The van der Waals surface area contributed by atoms with Gasteiger partial charge in [-0.2, -0.15) is 0 Å². The molecule has 1 aromatic rings. The summed E-state index contributed by atoms with van der Waals surface area (Å²) in [5.74, 6) is 1.55. The Kier molecular flexibility index (Phi) is 4.81. The first-order chi connectivity index (χ1) is 10.7. The molecule has 1 heterocycles. The highest BCUT2D eigenvalue weighted by Crippen LogP contribution is 2.41. The summed E-state index contributed by atoms with van der Waals surface area (Å²) in [6, 6.07) is 2.06. The molecule has 22 heavy (non-hydrogen) atoms. The Labute approximate surface area is 135 Å². The normalized spacial score (nSPS) is 20.5. The summed E-state index contributed by atoms with van der Waals surface area (Å²) in [6.07, 6.45) is 9.07. The Morgan fingerprint density at radius 2 is 1.91 bits per heavy atom. The average molecular weight is 324 g/mol. The maximum absolute atomic E-state index is 11.7. The molecule has 6 heteroatoms. The molecule has 1 atom stereocenters. The molecule has 0 spiro atoms. The van der Waals surface area contributed by atoms with Crippen LogP contribution in [-0.4, -0.2) is 29.1 Å². The summed E-state index contributed by atoms with van der Waals surface area (Å²) in [4.78, 5) is 19.8. The molecule has 2 saturated carbocycles. The van der Waals surface area contributed by atoms with Crippen LogP contribution in [0.5, 0.6) is 0 Å². The van der Waals surface area contributed by atoms with Gasteiger partial charge in [-0.15, -0.1) is 0 Å². The largest absolute Gasteiger partial charge is 0.464 e. The van der Waals surface area contributed by atoms with Crippen molar-refractivity contribution in [2.24, 2.45) is 11.8 Å². The number of carbonyl (C=O) groups is 1. The lowest BCUT2D eigenvalue weighted by Crippen LogP contribution is -2.33. The van der Waals surface area contributed by atoms with Crippen LogP contribution in [0, 0.1) is 11.8 Å². The van der Waals surface area contributed by atoms with Gasteiger partial charge >= 0.3 is 5.97 Å². The number of rotatable bonds is 5. The number of carbonyl (C=O) groups excluding carboxylic acids is 1. The van der Waals surface area contributed by atoms with Crippen molar-refractivity contribution in [2.75, 3.05) is 12.4 Å². The minimum absolute atomic E-state index is 0.0728. The molecule has 0 radical (unpaired) electrons. The van der Waals surface area contributed by atoms with Gasteiger partial charge in [-0.3, -0.25) is 0 Å². The second-order valence-electron chi connectivity index (χ2n) is 6.30. The molecule has 0 aromatic carbocycles. The third-order valence-corrected chi connectivity index (χ3v) is 4.86. The highest BCUT2D eigenvalue weighted by molar-refractivity contribution is 6.28. The molecule has 2 aliphatic carbocycles. The van der Waals surface area contributed by atoms with Gasteiger partial charge < -0.3 is 10.1 Å². The van der Waals surface area contributed by atoms with Gasteiger partial charge in [-0.25, -0.2) is 14.8 Å². The Morgan fingerprint density at radius 3 is 2.55 bits per heavy atom. The summed E-state index contributed by atoms with van der Waals surface area (Å²) < 4.78 is 4.71. The zero-order valence-electron chi connectivity index (χ0n) is 12.8. The summed E-state index contributed by atoms with van der Waals surface area (Å²) in [5.41, 5.74) is 0.197. The van der Waals surface area contributed by atoms with Crippen LogP contribution in [0.1, 0.15) is 55.4 Å². The van der Waals surface area contributed by atoms with Gasteiger partial charge in [0, 0.05) is 12.1 Å². The fourth-order valence-corrected chi connectivity index (χ4v) is 3.62. The molecular weight excluding hydrogens is 302 g/mol. The monoisotopic (exact) mass is 323 g/mol. The highest BCUT2D eigenvalue weighted by Gasteiger charge is 2.37. The van der Waals surface area contributed by atoms with Gasteiger partial charge in [0.15, 0.2) is 5.69 Å². The van der Waals surface area contributed by atoms with E-state index in [1.165, 1.54) is 52.1 Å². The SMILES string of the molecule is COC(=O)c1cc(NC(C2CCCCC2)C2CC2)nc(Cl)n1. The van der Waals surface area contributed by atoms with E-state index in [4.69, 9.17) is 16.3 Å². The number of aromatic nitrogens is 2. The van der Waals surface area contributed by atoms with Crippen molar-refractivity contribution in [2.45, 2.75) is 51.0 Å². The molecule has 120 valence electrons. The molecule has 5 nitrogen and oxygen atoms in total. The van der Waals surface area contributed by atoms with Crippen LogP contribution in [0.2, 0.25) is 5.28 Å². The number of nitrogens with zero attached hydrogens (tertiary/aromatic N) is 2. The molecular formula is C16H22ClN3O2. The van der Waals surface area contributed by atoms with Crippen LogP contribution in [0.3, 0.4) is 0 Å².